The van der Waals surface area contributed by atoms with E-state index in [0.717, 1.165) is 5.56 Å². The fraction of sp³-hybridized carbons (Fsp3) is 0.429. The lowest BCUT2D eigenvalue weighted by Gasteiger charge is -2.13. The van der Waals surface area contributed by atoms with Gasteiger partial charge in [-0.15, -0.1) is 0 Å². The third kappa shape index (κ3) is 3.77. The van der Waals surface area contributed by atoms with Crippen LogP contribution in [0.2, 0.25) is 0 Å². The highest BCUT2D eigenvalue weighted by Gasteiger charge is 2.12. The van der Waals surface area contributed by atoms with Gasteiger partial charge in [0.2, 0.25) is 0 Å². The van der Waals surface area contributed by atoms with Crippen LogP contribution >= 0.6 is 0 Å². The molecular weight excluding hydrogens is 261 g/mol. The zero-order chi connectivity index (χ0) is 14.5. The van der Waals surface area contributed by atoms with Gasteiger partial charge in [0.15, 0.2) is 24.0 Å². The van der Waals surface area contributed by atoms with Crippen molar-refractivity contribution in [2.45, 2.75) is 40.0 Å². The summed E-state index contributed by atoms with van der Waals surface area (Å²) >= 11 is 0. The van der Waals surface area contributed by atoms with E-state index >= 15 is 0 Å². The number of aryl methyl sites for hydroxylation is 1. The van der Waals surface area contributed by atoms with Crippen molar-refractivity contribution in [1.29, 1.82) is 0 Å². The summed E-state index contributed by atoms with van der Waals surface area (Å²) < 4.78 is 24.3. The molecule has 6 heteroatoms. The van der Waals surface area contributed by atoms with E-state index in [9.17, 15) is 4.39 Å². The van der Waals surface area contributed by atoms with Crippen molar-refractivity contribution in [1.82, 2.24) is 15.5 Å². The van der Waals surface area contributed by atoms with Crippen LogP contribution in [-0.2, 0) is 13.2 Å². The highest BCUT2D eigenvalue weighted by molar-refractivity contribution is 5.35. The lowest BCUT2D eigenvalue weighted by atomic mass is 10.2. The fourth-order valence-electron chi connectivity index (χ4n) is 1.70. The number of ether oxygens (including phenoxy) is 1. The van der Waals surface area contributed by atoms with E-state index in [1.54, 1.807) is 13.0 Å². The number of nitrogens with zero attached hydrogens (tertiary/aromatic N) is 2. The summed E-state index contributed by atoms with van der Waals surface area (Å²) in [7, 11) is 0. The van der Waals surface area contributed by atoms with Gasteiger partial charge in [0, 0.05) is 18.2 Å². The van der Waals surface area contributed by atoms with Gasteiger partial charge in [-0.1, -0.05) is 31.1 Å². The van der Waals surface area contributed by atoms with Gasteiger partial charge in [-0.25, -0.2) is 4.39 Å². The van der Waals surface area contributed by atoms with E-state index in [1.807, 2.05) is 19.9 Å². The van der Waals surface area contributed by atoms with Gasteiger partial charge >= 0.3 is 0 Å². The Balaban J connectivity index is 2.08. The molecule has 0 fully saturated rings. The third-order valence-corrected chi connectivity index (χ3v) is 2.66. The molecule has 0 aliphatic carbocycles. The predicted octanol–water partition coefficient (Wildman–Crippen LogP) is 2.59. The van der Waals surface area contributed by atoms with E-state index in [1.165, 1.54) is 6.07 Å². The standard InChI is InChI=1S/C14H18FN3O2/c1-9(2)16-7-11-5-4-6-12(15)14(11)19-8-13-17-10(3)18-20-13/h4-6,9,16H,7-8H2,1-3H3. The number of hydrogen-bond donors (Lipinski definition) is 1. The number of halogens is 1. The van der Waals surface area contributed by atoms with Crippen molar-refractivity contribution in [2.24, 2.45) is 0 Å². The molecule has 1 N–H and O–H groups in total. The first kappa shape index (κ1) is 14.5. The van der Waals surface area contributed by atoms with Crippen LogP contribution in [0.3, 0.4) is 0 Å². The van der Waals surface area contributed by atoms with E-state index in [4.69, 9.17) is 9.26 Å². The maximum atomic E-state index is 13.9. The molecule has 1 aromatic heterocycles. The maximum Gasteiger partial charge on any atom is 0.264 e. The van der Waals surface area contributed by atoms with Crippen LogP contribution in [0, 0.1) is 12.7 Å². The van der Waals surface area contributed by atoms with Crippen LogP contribution in [0.4, 0.5) is 4.39 Å². The molecule has 0 saturated heterocycles. The van der Waals surface area contributed by atoms with Crippen molar-refractivity contribution >= 4 is 0 Å². The van der Waals surface area contributed by atoms with Crippen molar-refractivity contribution in [3.05, 3.63) is 41.3 Å². The minimum atomic E-state index is -0.399. The number of rotatable bonds is 6. The van der Waals surface area contributed by atoms with Crippen LogP contribution in [0.15, 0.2) is 22.7 Å². The molecule has 0 amide bonds. The van der Waals surface area contributed by atoms with Crippen LogP contribution < -0.4 is 10.1 Å². The first-order valence-corrected chi connectivity index (χ1v) is 6.49. The number of aromatic nitrogens is 2. The topological polar surface area (TPSA) is 60.2 Å². The van der Waals surface area contributed by atoms with E-state index in [-0.39, 0.29) is 12.4 Å². The van der Waals surface area contributed by atoms with Gasteiger partial charge in [0.05, 0.1) is 0 Å². The largest absolute Gasteiger partial charge is 0.480 e. The zero-order valence-corrected chi connectivity index (χ0v) is 11.8. The highest BCUT2D eigenvalue weighted by atomic mass is 19.1. The molecule has 2 rings (SSSR count). The minimum Gasteiger partial charge on any atom is -0.480 e. The molecule has 0 atom stereocenters. The molecule has 108 valence electrons. The average molecular weight is 279 g/mol. The summed E-state index contributed by atoms with van der Waals surface area (Å²) in [4.78, 5) is 4.02. The van der Waals surface area contributed by atoms with Gasteiger partial charge in [-0.05, 0) is 13.0 Å². The molecule has 0 spiro atoms. The lowest BCUT2D eigenvalue weighted by molar-refractivity contribution is 0.231. The van der Waals surface area contributed by atoms with Crippen LogP contribution in [0.25, 0.3) is 0 Å². The quantitative estimate of drug-likeness (QED) is 0.880. The second-order valence-corrected chi connectivity index (χ2v) is 4.79. The van der Waals surface area contributed by atoms with Gasteiger partial charge in [0.25, 0.3) is 5.89 Å². The Morgan fingerprint density at radius 2 is 2.20 bits per heavy atom. The summed E-state index contributed by atoms with van der Waals surface area (Å²) in [6.07, 6.45) is 0. The molecule has 0 aliphatic rings. The summed E-state index contributed by atoms with van der Waals surface area (Å²) in [5.41, 5.74) is 0.759. The Hall–Kier alpha value is -1.95. The highest BCUT2D eigenvalue weighted by Crippen LogP contribution is 2.23. The monoisotopic (exact) mass is 279 g/mol. The molecular formula is C14H18FN3O2. The molecule has 0 aliphatic heterocycles. The number of benzene rings is 1. The Kier molecular flexibility index (Phi) is 4.68. The number of nitrogens with one attached hydrogen (secondary N) is 1. The van der Waals surface area contributed by atoms with Crippen molar-refractivity contribution in [3.8, 4) is 5.75 Å². The third-order valence-electron chi connectivity index (χ3n) is 2.66. The maximum absolute atomic E-state index is 13.9. The van der Waals surface area contributed by atoms with Crippen LogP contribution in [0.1, 0.15) is 31.1 Å². The molecule has 0 unspecified atom stereocenters. The summed E-state index contributed by atoms with van der Waals surface area (Å²) in [5, 5.41) is 6.89. The molecule has 20 heavy (non-hydrogen) atoms. The van der Waals surface area contributed by atoms with Crippen molar-refractivity contribution in [2.75, 3.05) is 0 Å². The molecule has 0 saturated carbocycles. The van der Waals surface area contributed by atoms with Crippen molar-refractivity contribution in [3.63, 3.8) is 0 Å². The number of hydrogen-bond acceptors (Lipinski definition) is 5. The van der Waals surface area contributed by atoms with Gasteiger partial charge in [0.1, 0.15) is 0 Å². The second kappa shape index (κ2) is 6.47. The smallest absolute Gasteiger partial charge is 0.264 e. The predicted molar refractivity (Wildman–Crippen MR) is 71.7 cm³/mol. The summed E-state index contributed by atoms with van der Waals surface area (Å²) in [6.45, 7) is 6.36. The molecule has 0 bridgehead atoms. The summed E-state index contributed by atoms with van der Waals surface area (Å²) in [6, 6.07) is 5.17. The Morgan fingerprint density at radius 3 is 2.85 bits per heavy atom. The molecule has 2 aromatic rings. The molecule has 1 aromatic carbocycles. The van der Waals surface area contributed by atoms with Crippen LogP contribution in [-0.4, -0.2) is 16.2 Å². The molecule has 1 heterocycles. The Labute approximate surface area is 117 Å². The zero-order valence-electron chi connectivity index (χ0n) is 11.8. The van der Waals surface area contributed by atoms with Crippen LogP contribution in [0.5, 0.6) is 5.75 Å². The van der Waals surface area contributed by atoms with E-state index < -0.39 is 5.82 Å². The first-order valence-electron chi connectivity index (χ1n) is 6.49. The van der Waals surface area contributed by atoms with Gasteiger partial charge in [-0.2, -0.15) is 4.98 Å². The van der Waals surface area contributed by atoms with Crippen molar-refractivity contribution < 1.29 is 13.7 Å². The van der Waals surface area contributed by atoms with Gasteiger partial charge in [-0.3, -0.25) is 0 Å². The Morgan fingerprint density at radius 1 is 1.40 bits per heavy atom. The van der Waals surface area contributed by atoms with Gasteiger partial charge < -0.3 is 14.6 Å². The van der Waals surface area contributed by atoms with E-state index in [0.29, 0.717) is 24.3 Å². The number of para-hydroxylation sites is 1. The normalized spacial score (nSPS) is 11.1. The first-order chi connectivity index (χ1) is 9.56. The van der Waals surface area contributed by atoms with E-state index in [2.05, 4.69) is 15.5 Å². The molecule has 0 radical (unpaired) electrons. The summed E-state index contributed by atoms with van der Waals surface area (Å²) in [5.74, 6) is 0.674. The lowest BCUT2D eigenvalue weighted by Crippen LogP contribution is -2.22. The minimum absolute atomic E-state index is 0.0520. The second-order valence-electron chi connectivity index (χ2n) is 4.79. The fourth-order valence-corrected chi connectivity index (χ4v) is 1.70. The SMILES string of the molecule is Cc1noc(COc2c(F)cccc2CNC(C)C)n1. The molecule has 5 nitrogen and oxygen atoms in total. The Bertz CT molecular complexity index is 569. The average Bonchev–Trinajstić information content (AvgIpc) is 2.81.